The molecule has 4 rings (SSSR count). The zero-order valence-corrected chi connectivity index (χ0v) is 23.8. The molecule has 0 fully saturated rings. The van der Waals surface area contributed by atoms with Crippen molar-refractivity contribution in [3.8, 4) is 5.75 Å². The number of fused-ring (bicyclic) bond motifs is 1. The molecule has 0 saturated heterocycles. The number of anilines is 1. The zero-order valence-electron chi connectivity index (χ0n) is 21.5. The second kappa shape index (κ2) is 11.9. The van der Waals surface area contributed by atoms with Gasteiger partial charge in [-0.25, -0.2) is 0 Å². The highest BCUT2D eigenvalue weighted by Crippen LogP contribution is 2.34. The van der Waals surface area contributed by atoms with Crippen LogP contribution < -0.4 is 5.32 Å². The Balaban J connectivity index is 1.49. The fraction of sp³-hybridized carbons (Fsp3) is 0.194. The van der Waals surface area contributed by atoms with Crippen LogP contribution in [-0.2, 0) is 5.41 Å². The van der Waals surface area contributed by atoms with E-state index in [-0.39, 0.29) is 16.9 Å². The summed E-state index contributed by atoms with van der Waals surface area (Å²) in [5.41, 5.74) is 4.32. The molecule has 7 heteroatoms. The first kappa shape index (κ1) is 27.6. The van der Waals surface area contributed by atoms with Crippen LogP contribution in [0.2, 0.25) is 5.02 Å². The summed E-state index contributed by atoms with van der Waals surface area (Å²) in [5.74, 6) is 0.109. The van der Waals surface area contributed by atoms with Gasteiger partial charge in [0, 0.05) is 56.2 Å². The van der Waals surface area contributed by atoms with Gasteiger partial charge in [-0.3, -0.25) is 14.8 Å². The summed E-state index contributed by atoms with van der Waals surface area (Å²) in [4.78, 5) is 21.5. The third-order valence-corrected chi connectivity index (χ3v) is 6.78. The molecule has 5 nitrogen and oxygen atoms in total. The number of phenols is 1. The first-order valence-electron chi connectivity index (χ1n) is 12.3. The molecule has 0 spiro atoms. The number of hydrogen-bond acceptors (Lipinski definition) is 5. The highest BCUT2D eigenvalue weighted by atomic mass is 79.9. The van der Waals surface area contributed by atoms with E-state index in [2.05, 4.69) is 31.2 Å². The quantitative estimate of drug-likeness (QED) is 0.0941. The van der Waals surface area contributed by atoms with E-state index < -0.39 is 0 Å². The molecule has 0 unspecified atom stereocenters. The zero-order chi connectivity index (χ0) is 27.3. The number of carbonyl (C=O) groups is 1. The topological polar surface area (TPSA) is 74.6 Å². The van der Waals surface area contributed by atoms with E-state index in [0.29, 0.717) is 29.2 Å². The molecule has 0 aliphatic heterocycles. The number of ketones is 1. The minimum atomic E-state index is -0.293. The van der Waals surface area contributed by atoms with Gasteiger partial charge < -0.3 is 10.4 Å². The normalized spacial score (nSPS) is 12.0. The van der Waals surface area contributed by atoms with Crippen LogP contribution in [0.4, 0.5) is 5.69 Å². The first-order valence-corrected chi connectivity index (χ1v) is 13.4. The highest BCUT2D eigenvalue weighted by molar-refractivity contribution is 9.10. The molecule has 1 heterocycles. The van der Waals surface area contributed by atoms with E-state index in [1.54, 1.807) is 36.7 Å². The number of rotatable bonds is 8. The summed E-state index contributed by atoms with van der Waals surface area (Å²) in [6.07, 6.45) is 6.76. The maximum Gasteiger partial charge on any atom is 0.185 e. The molecule has 0 aliphatic carbocycles. The standard InChI is InChI=1S/C31H29BrClN3O2/c1-31(2,3)26-17-20(4-11-29(37)21-5-7-23(32)8-6-21)16-22(30(26)38)19-34-14-15-36-27-12-13-35-28-18-24(33)9-10-25(27)28/h4-13,16-19,38H,14-15H2,1-3H3,(H,35,36)/b11-4+,34-19?. The van der Waals surface area contributed by atoms with Crippen molar-refractivity contribution in [1.82, 2.24) is 4.98 Å². The van der Waals surface area contributed by atoms with Crippen LogP contribution in [0.3, 0.4) is 0 Å². The lowest BCUT2D eigenvalue weighted by Gasteiger charge is -2.22. The number of halogens is 2. The summed E-state index contributed by atoms with van der Waals surface area (Å²) < 4.78 is 0.921. The van der Waals surface area contributed by atoms with Crippen molar-refractivity contribution in [2.24, 2.45) is 4.99 Å². The molecular weight excluding hydrogens is 562 g/mol. The minimum absolute atomic E-state index is 0.0879. The SMILES string of the molecule is CC(C)(C)c1cc(/C=C/C(=O)c2ccc(Br)cc2)cc(C=NCCNc2ccnc3cc(Cl)ccc23)c1O. The lowest BCUT2D eigenvalue weighted by molar-refractivity contribution is 0.104. The van der Waals surface area contributed by atoms with Gasteiger partial charge in [-0.2, -0.15) is 0 Å². The monoisotopic (exact) mass is 589 g/mol. The van der Waals surface area contributed by atoms with E-state index in [1.165, 1.54) is 0 Å². The van der Waals surface area contributed by atoms with Gasteiger partial charge in [0.25, 0.3) is 0 Å². The number of hydrogen-bond donors (Lipinski definition) is 2. The van der Waals surface area contributed by atoms with Crippen molar-refractivity contribution in [2.45, 2.75) is 26.2 Å². The smallest absolute Gasteiger partial charge is 0.185 e. The Hall–Kier alpha value is -3.48. The highest BCUT2D eigenvalue weighted by Gasteiger charge is 2.20. The Morgan fingerprint density at radius 3 is 2.61 bits per heavy atom. The van der Waals surface area contributed by atoms with Crippen LogP contribution in [0.25, 0.3) is 17.0 Å². The number of nitrogens with one attached hydrogen (secondary N) is 1. The molecular formula is C31H29BrClN3O2. The minimum Gasteiger partial charge on any atom is -0.507 e. The van der Waals surface area contributed by atoms with Crippen LogP contribution in [0.15, 0.2) is 82.4 Å². The van der Waals surface area contributed by atoms with Crippen molar-refractivity contribution >= 4 is 62.2 Å². The van der Waals surface area contributed by atoms with Gasteiger partial charge in [0.15, 0.2) is 5.78 Å². The summed E-state index contributed by atoms with van der Waals surface area (Å²) in [5, 5.41) is 16.0. The number of aliphatic imine (C=N–C) groups is 1. The lowest BCUT2D eigenvalue weighted by Crippen LogP contribution is -2.12. The summed E-state index contributed by atoms with van der Waals surface area (Å²) >= 11 is 9.47. The second-order valence-electron chi connectivity index (χ2n) is 9.94. The predicted molar refractivity (Wildman–Crippen MR) is 162 cm³/mol. The fourth-order valence-electron chi connectivity index (χ4n) is 4.02. The fourth-order valence-corrected chi connectivity index (χ4v) is 4.45. The van der Waals surface area contributed by atoms with Crippen LogP contribution >= 0.6 is 27.5 Å². The number of carbonyl (C=O) groups excluding carboxylic acids is 1. The van der Waals surface area contributed by atoms with E-state index >= 15 is 0 Å². The summed E-state index contributed by atoms with van der Waals surface area (Å²) in [6.45, 7) is 7.23. The molecule has 1 aromatic heterocycles. The summed E-state index contributed by atoms with van der Waals surface area (Å²) in [7, 11) is 0. The van der Waals surface area contributed by atoms with Crippen molar-refractivity contribution < 1.29 is 9.90 Å². The van der Waals surface area contributed by atoms with Crippen molar-refractivity contribution in [3.05, 3.63) is 105 Å². The van der Waals surface area contributed by atoms with Gasteiger partial charge >= 0.3 is 0 Å². The molecule has 0 aliphatic rings. The van der Waals surface area contributed by atoms with Gasteiger partial charge in [-0.1, -0.05) is 54.4 Å². The first-order chi connectivity index (χ1) is 18.1. The number of benzene rings is 3. The Bertz CT molecular complexity index is 1520. The molecule has 4 aromatic rings. The van der Waals surface area contributed by atoms with E-state index in [4.69, 9.17) is 11.6 Å². The van der Waals surface area contributed by atoms with Gasteiger partial charge in [-0.05, 0) is 77.7 Å². The largest absolute Gasteiger partial charge is 0.507 e. The Labute approximate surface area is 236 Å². The molecule has 0 amide bonds. The van der Waals surface area contributed by atoms with Crippen LogP contribution in [0, 0.1) is 0 Å². The van der Waals surface area contributed by atoms with Crippen LogP contribution in [0.5, 0.6) is 5.75 Å². The molecule has 0 atom stereocenters. The van der Waals surface area contributed by atoms with E-state index in [0.717, 1.165) is 32.2 Å². The average molecular weight is 591 g/mol. The number of allylic oxidation sites excluding steroid dienone is 1. The second-order valence-corrected chi connectivity index (χ2v) is 11.3. The predicted octanol–water partition coefficient (Wildman–Crippen LogP) is 8.08. The van der Waals surface area contributed by atoms with E-state index in [9.17, 15) is 9.90 Å². The molecule has 2 N–H and O–H groups in total. The van der Waals surface area contributed by atoms with Crippen LogP contribution in [-0.4, -0.2) is 35.2 Å². The van der Waals surface area contributed by atoms with Crippen LogP contribution in [0.1, 0.15) is 47.8 Å². The molecule has 0 saturated carbocycles. The van der Waals surface area contributed by atoms with Gasteiger partial charge in [0.1, 0.15) is 5.75 Å². The molecule has 3 aromatic carbocycles. The van der Waals surface area contributed by atoms with E-state index in [1.807, 2.05) is 69.3 Å². The molecule has 38 heavy (non-hydrogen) atoms. The number of nitrogens with zero attached hydrogens (tertiary/aromatic N) is 2. The third-order valence-electron chi connectivity index (χ3n) is 6.02. The maximum absolute atomic E-state index is 12.6. The Morgan fingerprint density at radius 1 is 1.11 bits per heavy atom. The van der Waals surface area contributed by atoms with Gasteiger partial charge in [-0.15, -0.1) is 0 Å². The average Bonchev–Trinajstić information content (AvgIpc) is 2.88. The molecule has 0 bridgehead atoms. The Kier molecular flexibility index (Phi) is 8.65. The maximum atomic E-state index is 12.6. The number of phenolic OH excluding ortho intramolecular Hbond substituents is 1. The summed E-state index contributed by atoms with van der Waals surface area (Å²) in [6, 6.07) is 18.6. The van der Waals surface area contributed by atoms with Crippen molar-refractivity contribution in [2.75, 3.05) is 18.4 Å². The molecule has 194 valence electrons. The molecule has 0 radical (unpaired) electrons. The number of aromatic hydroxyl groups is 1. The number of pyridine rings is 1. The number of aromatic nitrogens is 1. The Morgan fingerprint density at radius 2 is 1.87 bits per heavy atom. The van der Waals surface area contributed by atoms with Crippen molar-refractivity contribution in [3.63, 3.8) is 0 Å². The van der Waals surface area contributed by atoms with Gasteiger partial charge in [0.2, 0.25) is 0 Å². The lowest BCUT2D eigenvalue weighted by atomic mass is 9.84. The van der Waals surface area contributed by atoms with Gasteiger partial charge in [0.05, 0.1) is 12.1 Å². The van der Waals surface area contributed by atoms with Crippen molar-refractivity contribution in [1.29, 1.82) is 0 Å². The third kappa shape index (κ3) is 6.88.